The molecular formula is C34H48F2N4O4. The first-order valence-electron chi connectivity index (χ1n) is 16.8. The number of imide groups is 1. The molecule has 1 aromatic rings. The highest BCUT2D eigenvalue weighted by atomic mass is 19.3. The van der Waals surface area contributed by atoms with Gasteiger partial charge in [-0.2, -0.15) is 0 Å². The Morgan fingerprint density at radius 2 is 1.61 bits per heavy atom. The van der Waals surface area contributed by atoms with Crippen LogP contribution in [0.15, 0.2) is 30.3 Å². The van der Waals surface area contributed by atoms with Crippen LogP contribution >= 0.6 is 0 Å². The maximum absolute atomic E-state index is 14.2. The lowest BCUT2D eigenvalue weighted by atomic mass is 9.80. The van der Waals surface area contributed by atoms with E-state index in [0.29, 0.717) is 39.0 Å². The van der Waals surface area contributed by atoms with Crippen LogP contribution in [0.2, 0.25) is 0 Å². The Labute approximate surface area is 259 Å². The van der Waals surface area contributed by atoms with Gasteiger partial charge >= 0.3 is 6.03 Å². The number of amides is 4. The standard InChI is InChI=1S/C34H48F2N4O4/c1-23(2)40-32(43)39(22-24-13-18-44-19-14-24)31(42)33(40)20-27-8-9-28(21-33)38(27)17-12-29(25-6-4-3-5-7-25)37-30(41)26-10-15-34(35,36)16-11-26/h3-7,23-24,26-29H,8-22H2,1-2H3,(H,37,41)/t27?,28?,29-,33?/m0/s1. The van der Waals surface area contributed by atoms with E-state index in [1.54, 1.807) is 4.90 Å². The smallest absolute Gasteiger partial charge is 0.327 e. The Balaban J connectivity index is 1.14. The fourth-order valence-electron chi connectivity index (χ4n) is 8.75. The number of ether oxygens (including phenoxy) is 1. The number of fused-ring (bicyclic) bond motifs is 2. The summed E-state index contributed by atoms with van der Waals surface area (Å²) in [5.41, 5.74) is 0.212. The van der Waals surface area contributed by atoms with Crippen molar-refractivity contribution in [3.63, 3.8) is 0 Å². The van der Waals surface area contributed by atoms with Crippen LogP contribution in [0.4, 0.5) is 13.6 Å². The van der Waals surface area contributed by atoms with E-state index in [2.05, 4.69) is 10.2 Å². The zero-order chi connectivity index (χ0) is 31.1. The maximum atomic E-state index is 14.2. The summed E-state index contributed by atoms with van der Waals surface area (Å²) in [7, 11) is 0. The van der Waals surface area contributed by atoms with E-state index in [1.807, 2.05) is 49.1 Å². The first kappa shape index (κ1) is 31.4. The largest absolute Gasteiger partial charge is 0.381 e. The zero-order valence-electron chi connectivity index (χ0n) is 26.2. The number of urea groups is 1. The van der Waals surface area contributed by atoms with Crippen LogP contribution in [0.5, 0.6) is 0 Å². The van der Waals surface area contributed by atoms with E-state index in [4.69, 9.17) is 4.74 Å². The summed E-state index contributed by atoms with van der Waals surface area (Å²) in [4.78, 5) is 47.1. The SMILES string of the molecule is CC(C)N1C(=O)N(CC2CCOCC2)C(=O)C12CC1CCC(C2)N1CC[C@H](NC(=O)C1CCC(F)(F)CC1)c1ccccc1. The lowest BCUT2D eigenvalue weighted by molar-refractivity contribution is -0.138. The second-order valence-electron chi connectivity index (χ2n) is 14.2. The molecule has 1 saturated carbocycles. The van der Waals surface area contributed by atoms with Crippen molar-refractivity contribution in [2.45, 2.75) is 120 Å². The summed E-state index contributed by atoms with van der Waals surface area (Å²) in [5, 5.41) is 3.21. The van der Waals surface area contributed by atoms with E-state index in [1.165, 1.54) is 0 Å². The fourth-order valence-corrected chi connectivity index (χ4v) is 8.75. The van der Waals surface area contributed by atoms with Crippen molar-refractivity contribution in [3.05, 3.63) is 35.9 Å². The Bertz CT molecular complexity index is 1180. The highest BCUT2D eigenvalue weighted by Gasteiger charge is 2.63. The summed E-state index contributed by atoms with van der Waals surface area (Å²) >= 11 is 0. The Morgan fingerprint density at radius 1 is 0.977 bits per heavy atom. The van der Waals surface area contributed by atoms with Gasteiger partial charge in [0, 0.05) is 63.2 Å². The molecule has 44 heavy (non-hydrogen) atoms. The number of alkyl halides is 2. The summed E-state index contributed by atoms with van der Waals surface area (Å²) < 4.78 is 33.0. The molecule has 8 nitrogen and oxygen atoms in total. The van der Waals surface area contributed by atoms with Gasteiger partial charge in [-0.1, -0.05) is 30.3 Å². The third-order valence-corrected chi connectivity index (χ3v) is 11.0. The second kappa shape index (κ2) is 12.7. The van der Waals surface area contributed by atoms with Crippen molar-refractivity contribution in [1.82, 2.24) is 20.0 Å². The summed E-state index contributed by atoms with van der Waals surface area (Å²) in [6, 6.07) is 9.81. The molecule has 242 valence electrons. The van der Waals surface area contributed by atoms with Crippen molar-refractivity contribution < 1.29 is 27.9 Å². The predicted molar refractivity (Wildman–Crippen MR) is 162 cm³/mol. The molecule has 4 aliphatic heterocycles. The van der Waals surface area contributed by atoms with Gasteiger partial charge < -0.3 is 15.0 Å². The lowest BCUT2D eigenvalue weighted by Crippen LogP contribution is -2.61. The van der Waals surface area contributed by atoms with Gasteiger partial charge in [-0.25, -0.2) is 13.6 Å². The van der Waals surface area contributed by atoms with E-state index in [9.17, 15) is 23.2 Å². The number of carbonyl (C=O) groups excluding carboxylic acids is 3. The number of piperidine rings is 1. The van der Waals surface area contributed by atoms with Crippen LogP contribution in [-0.2, 0) is 14.3 Å². The van der Waals surface area contributed by atoms with Gasteiger partial charge in [-0.15, -0.1) is 0 Å². The van der Waals surface area contributed by atoms with Crippen molar-refractivity contribution >= 4 is 17.8 Å². The van der Waals surface area contributed by atoms with Crippen LogP contribution in [0.25, 0.3) is 0 Å². The number of nitrogens with zero attached hydrogens (tertiary/aromatic N) is 3. The van der Waals surface area contributed by atoms with E-state index < -0.39 is 11.5 Å². The number of carbonyl (C=O) groups is 3. The molecule has 4 amide bonds. The second-order valence-corrected chi connectivity index (χ2v) is 14.2. The minimum Gasteiger partial charge on any atom is -0.381 e. The quantitative estimate of drug-likeness (QED) is 0.371. The predicted octanol–water partition coefficient (Wildman–Crippen LogP) is 5.52. The Kier molecular flexibility index (Phi) is 9.03. The highest BCUT2D eigenvalue weighted by molar-refractivity contribution is 6.07. The van der Waals surface area contributed by atoms with Crippen molar-refractivity contribution in [2.75, 3.05) is 26.3 Å². The van der Waals surface area contributed by atoms with Crippen molar-refractivity contribution in [3.8, 4) is 0 Å². The van der Waals surface area contributed by atoms with Gasteiger partial charge in [0.2, 0.25) is 11.8 Å². The van der Waals surface area contributed by atoms with Gasteiger partial charge in [-0.3, -0.25) is 19.4 Å². The lowest BCUT2D eigenvalue weighted by Gasteiger charge is -2.48. The molecule has 3 atom stereocenters. The minimum absolute atomic E-state index is 0.0215. The summed E-state index contributed by atoms with van der Waals surface area (Å²) in [5.74, 6) is -2.93. The van der Waals surface area contributed by atoms with Gasteiger partial charge in [0.25, 0.3) is 5.91 Å². The average Bonchev–Trinajstić information content (AvgIpc) is 3.36. The molecule has 1 aliphatic carbocycles. The molecular weight excluding hydrogens is 566 g/mol. The molecule has 1 spiro atoms. The average molecular weight is 615 g/mol. The first-order chi connectivity index (χ1) is 21.1. The van der Waals surface area contributed by atoms with Crippen molar-refractivity contribution in [2.24, 2.45) is 11.8 Å². The summed E-state index contributed by atoms with van der Waals surface area (Å²) in [6.07, 6.45) is 5.62. The third-order valence-electron chi connectivity index (χ3n) is 11.0. The molecule has 2 unspecified atom stereocenters. The third kappa shape index (κ3) is 6.13. The van der Waals surface area contributed by atoms with Crippen LogP contribution in [-0.4, -0.2) is 88.4 Å². The molecule has 4 saturated heterocycles. The van der Waals surface area contributed by atoms with E-state index in [-0.39, 0.29) is 79.5 Å². The normalized spacial score (nSPS) is 30.5. The fraction of sp³-hybridized carbons (Fsp3) is 0.735. The van der Waals surface area contributed by atoms with E-state index >= 15 is 0 Å². The molecule has 1 aromatic carbocycles. The van der Waals surface area contributed by atoms with Crippen LogP contribution < -0.4 is 5.32 Å². The first-order valence-corrected chi connectivity index (χ1v) is 16.8. The number of nitrogens with one attached hydrogen (secondary N) is 1. The molecule has 0 aromatic heterocycles. The van der Waals surface area contributed by atoms with Crippen LogP contribution in [0, 0.1) is 11.8 Å². The van der Waals surface area contributed by atoms with Gasteiger partial charge in [0.05, 0.1) is 6.04 Å². The number of rotatable bonds is 9. The molecule has 5 fully saturated rings. The van der Waals surface area contributed by atoms with Gasteiger partial charge in [-0.05, 0) is 83.1 Å². The van der Waals surface area contributed by atoms with E-state index in [0.717, 1.165) is 37.8 Å². The molecule has 10 heteroatoms. The number of halogens is 2. The zero-order valence-corrected chi connectivity index (χ0v) is 26.2. The molecule has 6 rings (SSSR count). The molecule has 5 aliphatic rings. The molecule has 4 heterocycles. The van der Waals surface area contributed by atoms with Crippen LogP contribution in [0.3, 0.4) is 0 Å². The Hall–Kier alpha value is -2.59. The van der Waals surface area contributed by atoms with Crippen molar-refractivity contribution in [1.29, 1.82) is 0 Å². The summed E-state index contributed by atoms with van der Waals surface area (Å²) in [6.45, 7) is 6.62. The minimum atomic E-state index is -2.67. The molecule has 0 radical (unpaired) electrons. The van der Waals surface area contributed by atoms with Gasteiger partial charge in [0.1, 0.15) is 5.54 Å². The monoisotopic (exact) mass is 614 g/mol. The Morgan fingerprint density at radius 3 is 2.23 bits per heavy atom. The number of hydrogen-bond acceptors (Lipinski definition) is 5. The highest BCUT2D eigenvalue weighted by Crippen LogP contribution is 2.48. The topological polar surface area (TPSA) is 82.2 Å². The number of benzene rings is 1. The maximum Gasteiger partial charge on any atom is 0.327 e. The van der Waals surface area contributed by atoms with Gasteiger partial charge in [0.15, 0.2) is 0 Å². The molecule has 1 N–H and O–H groups in total. The van der Waals surface area contributed by atoms with Crippen LogP contribution in [0.1, 0.15) is 96.1 Å². The number of hydrogen-bond donors (Lipinski definition) is 1. The molecule has 2 bridgehead atoms.